The van der Waals surface area contributed by atoms with Gasteiger partial charge in [0.1, 0.15) is 0 Å². The van der Waals surface area contributed by atoms with Gasteiger partial charge in [-0.2, -0.15) is 0 Å². The van der Waals surface area contributed by atoms with Crippen molar-refractivity contribution in [2.75, 3.05) is 20.1 Å². The van der Waals surface area contributed by atoms with Crippen molar-refractivity contribution in [2.45, 2.75) is 71.4 Å². The molecule has 5 unspecified atom stereocenters. The summed E-state index contributed by atoms with van der Waals surface area (Å²) in [6.07, 6.45) is 8.46. The monoisotopic (exact) mass is 266 g/mol. The lowest BCUT2D eigenvalue weighted by Gasteiger charge is -2.47. The van der Waals surface area contributed by atoms with E-state index in [1.54, 1.807) is 0 Å². The Labute approximate surface area is 120 Å². The van der Waals surface area contributed by atoms with Gasteiger partial charge in [0, 0.05) is 25.2 Å². The molecule has 1 aliphatic heterocycles. The molecule has 0 radical (unpaired) electrons. The summed E-state index contributed by atoms with van der Waals surface area (Å²) in [6, 6.07) is 1.52. The average Bonchev–Trinajstić information content (AvgIpc) is 2.38. The molecule has 0 spiro atoms. The van der Waals surface area contributed by atoms with Crippen molar-refractivity contribution in [3.63, 3.8) is 0 Å². The van der Waals surface area contributed by atoms with Gasteiger partial charge in [0.15, 0.2) is 0 Å². The van der Waals surface area contributed by atoms with E-state index in [2.05, 4.69) is 38.0 Å². The fourth-order valence-corrected chi connectivity index (χ4v) is 4.62. The second-order valence-corrected chi connectivity index (χ2v) is 7.33. The molecule has 2 rings (SSSR count). The lowest BCUT2D eigenvalue weighted by Crippen LogP contribution is -2.56. The van der Waals surface area contributed by atoms with E-state index in [1.165, 1.54) is 51.6 Å². The molecular formula is C17H34N2. The molecule has 1 aliphatic carbocycles. The lowest BCUT2D eigenvalue weighted by molar-refractivity contribution is 0.0427. The van der Waals surface area contributed by atoms with Crippen LogP contribution in [0.15, 0.2) is 0 Å². The van der Waals surface area contributed by atoms with E-state index in [0.29, 0.717) is 0 Å². The van der Waals surface area contributed by atoms with Crippen molar-refractivity contribution >= 4 is 0 Å². The van der Waals surface area contributed by atoms with E-state index in [1.807, 2.05) is 0 Å². The van der Waals surface area contributed by atoms with Crippen LogP contribution in [0.4, 0.5) is 0 Å². The van der Waals surface area contributed by atoms with Gasteiger partial charge in [-0.1, -0.05) is 33.6 Å². The van der Waals surface area contributed by atoms with E-state index in [-0.39, 0.29) is 0 Å². The summed E-state index contributed by atoms with van der Waals surface area (Å²) in [5.41, 5.74) is 0. The standard InChI is InChI=1S/C17H34N2/c1-5-6-15-7-8-16(18-4)17(10-15)19-11-13(2)9-14(3)12-19/h13-18H,5-12H2,1-4H3. The van der Waals surface area contributed by atoms with Gasteiger partial charge in [-0.15, -0.1) is 0 Å². The van der Waals surface area contributed by atoms with Crippen LogP contribution in [0, 0.1) is 17.8 Å². The molecular weight excluding hydrogens is 232 g/mol. The topological polar surface area (TPSA) is 15.3 Å². The molecule has 2 heteroatoms. The number of hydrogen-bond donors (Lipinski definition) is 1. The number of nitrogens with one attached hydrogen (secondary N) is 1. The number of hydrogen-bond acceptors (Lipinski definition) is 2. The second kappa shape index (κ2) is 7.08. The van der Waals surface area contributed by atoms with Crippen molar-refractivity contribution < 1.29 is 0 Å². The molecule has 1 saturated heterocycles. The maximum atomic E-state index is 3.60. The van der Waals surface area contributed by atoms with Crippen LogP contribution in [0.1, 0.15) is 59.3 Å². The Morgan fingerprint density at radius 3 is 2.32 bits per heavy atom. The fourth-order valence-electron chi connectivity index (χ4n) is 4.62. The van der Waals surface area contributed by atoms with E-state index in [4.69, 9.17) is 0 Å². The van der Waals surface area contributed by atoms with E-state index in [9.17, 15) is 0 Å². The minimum atomic E-state index is 0.727. The van der Waals surface area contributed by atoms with Crippen LogP contribution in [0.25, 0.3) is 0 Å². The summed E-state index contributed by atoms with van der Waals surface area (Å²) in [5, 5.41) is 3.60. The molecule has 2 aliphatic rings. The van der Waals surface area contributed by atoms with Crippen LogP contribution in [0.5, 0.6) is 0 Å². The van der Waals surface area contributed by atoms with E-state index in [0.717, 1.165) is 29.8 Å². The van der Waals surface area contributed by atoms with Crippen molar-refractivity contribution in [3.05, 3.63) is 0 Å². The number of likely N-dealkylation sites (N-methyl/N-ethyl adjacent to an activating group) is 1. The first-order chi connectivity index (χ1) is 9.13. The van der Waals surface area contributed by atoms with Crippen LogP contribution in [0.3, 0.4) is 0 Å². The van der Waals surface area contributed by atoms with E-state index < -0.39 is 0 Å². The summed E-state index contributed by atoms with van der Waals surface area (Å²) < 4.78 is 0. The molecule has 112 valence electrons. The smallest absolute Gasteiger partial charge is 0.0252 e. The Morgan fingerprint density at radius 2 is 1.74 bits per heavy atom. The SMILES string of the molecule is CCCC1CCC(NC)C(N2CC(C)CC(C)C2)C1. The summed E-state index contributed by atoms with van der Waals surface area (Å²) >= 11 is 0. The average molecular weight is 266 g/mol. The van der Waals surface area contributed by atoms with Gasteiger partial charge in [-0.3, -0.25) is 4.90 Å². The Hall–Kier alpha value is -0.0800. The number of likely N-dealkylation sites (tertiary alicyclic amines) is 1. The molecule has 0 aromatic carbocycles. The normalized spacial score (nSPS) is 41.4. The Balaban J connectivity index is 2.00. The molecule has 0 amide bonds. The van der Waals surface area contributed by atoms with Gasteiger partial charge in [-0.25, -0.2) is 0 Å². The first kappa shape index (κ1) is 15.3. The molecule has 0 bridgehead atoms. The molecule has 19 heavy (non-hydrogen) atoms. The molecule has 1 saturated carbocycles. The summed E-state index contributed by atoms with van der Waals surface area (Å²) in [5.74, 6) is 2.74. The fraction of sp³-hybridized carbons (Fsp3) is 1.00. The maximum Gasteiger partial charge on any atom is 0.0252 e. The first-order valence-electron chi connectivity index (χ1n) is 8.55. The van der Waals surface area contributed by atoms with Gasteiger partial charge >= 0.3 is 0 Å². The van der Waals surface area contributed by atoms with Crippen molar-refractivity contribution in [2.24, 2.45) is 17.8 Å². The molecule has 2 fully saturated rings. The molecule has 1 heterocycles. The highest BCUT2D eigenvalue weighted by molar-refractivity contribution is 4.92. The minimum Gasteiger partial charge on any atom is -0.315 e. The summed E-state index contributed by atoms with van der Waals surface area (Å²) in [6.45, 7) is 9.86. The zero-order chi connectivity index (χ0) is 13.8. The van der Waals surface area contributed by atoms with Crippen molar-refractivity contribution in [1.29, 1.82) is 0 Å². The Morgan fingerprint density at radius 1 is 1.05 bits per heavy atom. The highest BCUT2D eigenvalue weighted by atomic mass is 15.2. The predicted molar refractivity (Wildman–Crippen MR) is 83.4 cm³/mol. The van der Waals surface area contributed by atoms with Crippen molar-refractivity contribution in [1.82, 2.24) is 10.2 Å². The Kier molecular flexibility index (Phi) is 5.70. The van der Waals surface area contributed by atoms with Gasteiger partial charge in [0.2, 0.25) is 0 Å². The van der Waals surface area contributed by atoms with Crippen LogP contribution in [0.2, 0.25) is 0 Å². The van der Waals surface area contributed by atoms with Crippen molar-refractivity contribution in [3.8, 4) is 0 Å². The second-order valence-electron chi connectivity index (χ2n) is 7.33. The van der Waals surface area contributed by atoms with Crippen LogP contribution < -0.4 is 5.32 Å². The van der Waals surface area contributed by atoms with Crippen LogP contribution in [-0.4, -0.2) is 37.1 Å². The molecule has 0 aromatic rings. The van der Waals surface area contributed by atoms with Crippen LogP contribution >= 0.6 is 0 Å². The van der Waals surface area contributed by atoms with Gasteiger partial charge in [-0.05, 0) is 50.5 Å². The molecule has 0 aromatic heterocycles. The van der Waals surface area contributed by atoms with Gasteiger partial charge in [0.25, 0.3) is 0 Å². The number of piperidine rings is 1. The number of nitrogens with zero attached hydrogens (tertiary/aromatic N) is 1. The van der Waals surface area contributed by atoms with Gasteiger partial charge in [0.05, 0.1) is 0 Å². The zero-order valence-electron chi connectivity index (χ0n) is 13.5. The molecule has 2 nitrogen and oxygen atoms in total. The molecule has 1 N–H and O–H groups in total. The van der Waals surface area contributed by atoms with Gasteiger partial charge < -0.3 is 5.32 Å². The lowest BCUT2D eigenvalue weighted by atomic mass is 9.78. The minimum absolute atomic E-state index is 0.727. The third-order valence-corrected chi connectivity index (χ3v) is 5.36. The Bertz CT molecular complexity index is 256. The molecule has 5 atom stereocenters. The first-order valence-corrected chi connectivity index (χ1v) is 8.55. The van der Waals surface area contributed by atoms with E-state index >= 15 is 0 Å². The zero-order valence-corrected chi connectivity index (χ0v) is 13.5. The third-order valence-electron chi connectivity index (χ3n) is 5.36. The quantitative estimate of drug-likeness (QED) is 0.837. The maximum absolute atomic E-state index is 3.60. The predicted octanol–water partition coefficient (Wildman–Crippen LogP) is 3.52. The highest BCUT2D eigenvalue weighted by Gasteiger charge is 2.36. The number of rotatable bonds is 4. The van der Waals surface area contributed by atoms with Crippen LogP contribution in [-0.2, 0) is 0 Å². The summed E-state index contributed by atoms with van der Waals surface area (Å²) in [4.78, 5) is 2.82. The highest BCUT2D eigenvalue weighted by Crippen LogP contribution is 2.33. The largest absolute Gasteiger partial charge is 0.315 e. The third kappa shape index (κ3) is 3.95. The summed E-state index contributed by atoms with van der Waals surface area (Å²) in [7, 11) is 2.16.